The molecule has 1 heterocycles. The molecule has 2 heteroatoms. The van der Waals surface area contributed by atoms with Gasteiger partial charge in [0.25, 0.3) is 0 Å². The van der Waals surface area contributed by atoms with Gasteiger partial charge in [-0.05, 0) is 61.5 Å². The Labute approximate surface area is 116 Å². The Morgan fingerprint density at radius 1 is 1.26 bits per heavy atom. The lowest BCUT2D eigenvalue weighted by Gasteiger charge is -2.38. The van der Waals surface area contributed by atoms with Gasteiger partial charge in [0.05, 0.1) is 6.10 Å². The second-order valence-corrected chi connectivity index (χ2v) is 7.19. The van der Waals surface area contributed by atoms with Crippen LogP contribution < -0.4 is 0 Å². The molecule has 0 bridgehead atoms. The Hall–Kier alpha value is -0.890. The zero-order chi connectivity index (χ0) is 13.5. The lowest BCUT2D eigenvalue weighted by molar-refractivity contribution is 0.0373. The van der Waals surface area contributed by atoms with Gasteiger partial charge >= 0.3 is 0 Å². The molecule has 0 amide bonds. The molecule has 2 atom stereocenters. The number of aryl methyl sites for hydroxylation is 1. The molecule has 2 unspecified atom stereocenters. The van der Waals surface area contributed by atoms with Crippen molar-refractivity contribution in [3.05, 3.63) is 29.6 Å². The first-order valence-corrected chi connectivity index (χ1v) is 7.69. The van der Waals surface area contributed by atoms with Gasteiger partial charge in [-0.1, -0.05) is 19.9 Å². The standard InChI is InChI=1S/C17H25NO/c1-17(2)9-7-13(8-10-17)16(19)14-6-5-12-4-3-11-18-15(12)14/h3-4,11,13-14,16,19H,5-10H2,1-2H3. The lowest BCUT2D eigenvalue weighted by Crippen LogP contribution is -2.32. The van der Waals surface area contributed by atoms with Crippen LogP contribution in [0.4, 0.5) is 0 Å². The Morgan fingerprint density at radius 2 is 2.00 bits per heavy atom. The van der Waals surface area contributed by atoms with Crippen molar-refractivity contribution in [2.75, 3.05) is 0 Å². The van der Waals surface area contributed by atoms with Crippen LogP contribution in [0, 0.1) is 11.3 Å². The van der Waals surface area contributed by atoms with E-state index in [-0.39, 0.29) is 12.0 Å². The zero-order valence-electron chi connectivity index (χ0n) is 12.1. The molecular formula is C17H25NO. The first kappa shape index (κ1) is 13.1. The van der Waals surface area contributed by atoms with Gasteiger partial charge in [0.2, 0.25) is 0 Å². The summed E-state index contributed by atoms with van der Waals surface area (Å²) in [4.78, 5) is 4.53. The summed E-state index contributed by atoms with van der Waals surface area (Å²) >= 11 is 0. The highest BCUT2D eigenvalue weighted by Crippen LogP contribution is 2.44. The Morgan fingerprint density at radius 3 is 2.74 bits per heavy atom. The van der Waals surface area contributed by atoms with Crippen molar-refractivity contribution in [1.29, 1.82) is 0 Å². The molecule has 2 nitrogen and oxygen atoms in total. The van der Waals surface area contributed by atoms with Gasteiger partial charge in [0.15, 0.2) is 0 Å². The number of aliphatic hydroxyl groups excluding tert-OH is 1. The van der Waals surface area contributed by atoms with Gasteiger partial charge in [-0.15, -0.1) is 0 Å². The minimum absolute atomic E-state index is 0.188. The summed E-state index contributed by atoms with van der Waals surface area (Å²) in [7, 11) is 0. The third-order valence-corrected chi connectivity index (χ3v) is 5.28. The molecule has 0 saturated heterocycles. The van der Waals surface area contributed by atoms with E-state index in [1.54, 1.807) is 0 Å². The van der Waals surface area contributed by atoms with Crippen LogP contribution in [-0.2, 0) is 6.42 Å². The van der Waals surface area contributed by atoms with Crippen LogP contribution in [0.25, 0.3) is 0 Å². The van der Waals surface area contributed by atoms with Crippen LogP contribution in [0.3, 0.4) is 0 Å². The van der Waals surface area contributed by atoms with Gasteiger partial charge in [0.1, 0.15) is 0 Å². The highest BCUT2D eigenvalue weighted by molar-refractivity contribution is 5.29. The van der Waals surface area contributed by atoms with E-state index < -0.39 is 0 Å². The number of hydrogen-bond acceptors (Lipinski definition) is 2. The lowest BCUT2D eigenvalue weighted by atomic mass is 9.70. The number of nitrogens with zero attached hydrogens (tertiary/aromatic N) is 1. The topological polar surface area (TPSA) is 33.1 Å². The van der Waals surface area contributed by atoms with E-state index in [0.717, 1.165) is 12.8 Å². The number of rotatable bonds is 2. The van der Waals surface area contributed by atoms with Crippen LogP contribution in [0.1, 0.15) is 63.1 Å². The van der Waals surface area contributed by atoms with Gasteiger partial charge < -0.3 is 5.11 Å². The summed E-state index contributed by atoms with van der Waals surface area (Å²) in [6.07, 6.45) is 8.68. The molecule has 3 rings (SSSR count). The largest absolute Gasteiger partial charge is 0.392 e. The maximum atomic E-state index is 10.8. The van der Waals surface area contributed by atoms with Crippen LogP contribution in [0.15, 0.2) is 18.3 Å². The molecule has 1 N–H and O–H groups in total. The van der Waals surface area contributed by atoms with Crippen LogP contribution in [0.5, 0.6) is 0 Å². The van der Waals surface area contributed by atoms with E-state index in [1.165, 1.54) is 36.9 Å². The molecule has 0 radical (unpaired) electrons. The minimum atomic E-state index is -0.188. The first-order valence-electron chi connectivity index (χ1n) is 7.69. The molecule has 2 aliphatic rings. The van der Waals surface area contributed by atoms with E-state index >= 15 is 0 Å². The minimum Gasteiger partial charge on any atom is -0.392 e. The highest BCUT2D eigenvalue weighted by atomic mass is 16.3. The molecule has 1 aromatic rings. The average Bonchev–Trinajstić information content (AvgIpc) is 2.82. The Bertz CT molecular complexity index is 444. The van der Waals surface area contributed by atoms with E-state index in [9.17, 15) is 5.11 Å². The Balaban J connectivity index is 1.71. The fourth-order valence-electron chi connectivity index (χ4n) is 3.87. The smallest absolute Gasteiger partial charge is 0.0652 e. The fourth-order valence-corrected chi connectivity index (χ4v) is 3.87. The maximum absolute atomic E-state index is 10.8. The van der Waals surface area contributed by atoms with E-state index in [0.29, 0.717) is 11.3 Å². The summed E-state index contributed by atoms with van der Waals surface area (Å²) in [5.74, 6) is 0.758. The highest BCUT2D eigenvalue weighted by Gasteiger charge is 2.37. The molecule has 1 aromatic heterocycles. The van der Waals surface area contributed by atoms with Gasteiger partial charge in [-0.25, -0.2) is 0 Å². The predicted octanol–water partition coefficient (Wildman–Crippen LogP) is 3.69. The fraction of sp³-hybridized carbons (Fsp3) is 0.706. The third kappa shape index (κ3) is 2.55. The van der Waals surface area contributed by atoms with Crippen LogP contribution >= 0.6 is 0 Å². The number of hydrogen-bond donors (Lipinski definition) is 1. The van der Waals surface area contributed by atoms with Crippen molar-refractivity contribution in [3.8, 4) is 0 Å². The van der Waals surface area contributed by atoms with Crippen molar-refractivity contribution < 1.29 is 5.11 Å². The van der Waals surface area contributed by atoms with E-state index in [2.05, 4.69) is 24.9 Å². The number of aromatic nitrogens is 1. The average molecular weight is 259 g/mol. The molecule has 0 aliphatic heterocycles. The summed E-state index contributed by atoms with van der Waals surface area (Å²) in [6.45, 7) is 4.70. The number of aliphatic hydroxyl groups is 1. The zero-order valence-corrected chi connectivity index (χ0v) is 12.1. The quantitative estimate of drug-likeness (QED) is 0.878. The van der Waals surface area contributed by atoms with E-state index in [4.69, 9.17) is 0 Å². The maximum Gasteiger partial charge on any atom is 0.0652 e. The van der Waals surface area contributed by atoms with E-state index in [1.807, 2.05) is 12.3 Å². The molecule has 0 spiro atoms. The molecule has 2 aliphatic carbocycles. The molecule has 1 fully saturated rings. The predicted molar refractivity (Wildman–Crippen MR) is 77.0 cm³/mol. The Kier molecular flexibility index (Phi) is 3.38. The number of fused-ring (bicyclic) bond motifs is 1. The first-order chi connectivity index (χ1) is 9.07. The van der Waals surface area contributed by atoms with Gasteiger partial charge in [-0.3, -0.25) is 4.98 Å². The van der Waals surface area contributed by atoms with Crippen molar-refractivity contribution >= 4 is 0 Å². The van der Waals surface area contributed by atoms with Crippen molar-refractivity contribution in [2.24, 2.45) is 11.3 Å². The molecular weight excluding hydrogens is 234 g/mol. The van der Waals surface area contributed by atoms with Crippen molar-refractivity contribution in [3.63, 3.8) is 0 Å². The molecule has 0 aromatic carbocycles. The summed E-state index contributed by atoms with van der Waals surface area (Å²) in [5.41, 5.74) is 2.99. The summed E-state index contributed by atoms with van der Waals surface area (Å²) in [5, 5.41) is 10.8. The van der Waals surface area contributed by atoms with Gasteiger partial charge in [-0.2, -0.15) is 0 Å². The van der Waals surface area contributed by atoms with Crippen LogP contribution in [-0.4, -0.2) is 16.2 Å². The molecule has 19 heavy (non-hydrogen) atoms. The second-order valence-electron chi connectivity index (χ2n) is 7.19. The van der Waals surface area contributed by atoms with Crippen LogP contribution in [0.2, 0.25) is 0 Å². The monoisotopic (exact) mass is 259 g/mol. The van der Waals surface area contributed by atoms with Gasteiger partial charge in [0, 0.05) is 17.8 Å². The third-order valence-electron chi connectivity index (χ3n) is 5.28. The molecule has 104 valence electrons. The normalized spacial score (nSPS) is 28.1. The molecule has 1 saturated carbocycles. The van der Waals surface area contributed by atoms with Crippen molar-refractivity contribution in [1.82, 2.24) is 4.98 Å². The summed E-state index contributed by atoms with van der Waals surface area (Å²) in [6, 6.07) is 4.18. The van der Waals surface area contributed by atoms with Crippen molar-refractivity contribution in [2.45, 2.75) is 64.4 Å². The second kappa shape index (κ2) is 4.90. The summed E-state index contributed by atoms with van der Waals surface area (Å²) < 4.78 is 0. The number of pyridine rings is 1. The SMILES string of the molecule is CC1(C)CCC(C(O)C2CCc3cccnc32)CC1.